The van der Waals surface area contributed by atoms with Gasteiger partial charge in [-0.15, -0.1) is 0 Å². The Kier molecular flexibility index (Phi) is 4.58. The molecule has 0 bridgehead atoms. The summed E-state index contributed by atoms with van der Waals surface area (Å²) in [6, 6.07) is 20.5. The van der Waals surface area contributed by atoms with E-state index < -0.39 is 15.0 Å². The van der Waals surface area contributed by atoms with Gasteiger partial charge in [-0.1, -0.05) is 24.3 Å². The first kappa shape index (κ1) is 20.0. The predicted octanol–water partition coefficient (Wildman–Crippen LogP) is 4.50. The number of ether oxygens (including phenoxy) is 1. The average molecular weight is 446 g/mol. The third kappa shape index (κ3) is 3.33. The third-order valence-electron chi connectivity index (χ3n) is 5.10. The summed E-state index contributed by atoms with van der Waals surface area (Å²) in [7, 11) is -4.64. The lowest BCUT2D eigenvalue weighted by Crippen LogP contribution is -2.08. The first-order valence-corrected chi connectivity index (χ1v) is 11.1. The van der Waals surface area contributed by atoms with Crippen LogP contribution in [-0.4, -0.2) is 27.5 Å². The molecule has 0 fully saturated rings. The zero-order chi connectivity index (χ0) is 22.5. The predicted molar refractivity (Wildman–Crippen MR) is 122 cm³/mol. The van der Waals surface area contributed by atoms with Gasteiger partial charge in [0.1, 0.15) is 17.4 Å². The molecule has 0 spiro atoms. The van der Waals surface area contributed by atoms with Gasteiger partial charge in [0.05, 0.1) is 11.0 Å². The highest BCUT2D eigenvalue weighted by Gasteiger charge is 2.23. The number of nitrogens with two attached hydrogens (primary N) is 1. The lowest BCUT2D eigenvalue weighted by Gasteiger charge is -2.12. The van der Waals surface area contributed by atoms with Crippen molar-refractivity contribution in [2.45, 2.75) is 11.8 Å². The molecule has 32 heavy (non-hydrogen) atoms. The van der Waals surface area contributed by atoms with Crippen LogP contribution < -0.4 is 10.5 Å². The van der Waals surface area contributed by atoms with Gasteiger partial charge in [-0.3, -0.25) is 9.12 Å². The maximum atomic E-state index is 11.9. The molecule has 0 unspecified atom stereocenters. The van der Waals surface area contributed by atoms with E-state index >= 15 is 0 Å². The summed E-state index contributed by atoms with van der Waals surface area (Å²) in [5.41, 5.74) is 8.01. The Morgan fingerprint density at radius 1 is 0.969 bits per heavy atom. The number of benzene rings is 2. The summed E-state index contributed by atoms with van der Waals surface area (Å²) in [6.07, 6.45) is 1.72. The Bertz CT molecular complexity index is 1600. The molecule has 2 aromatic carbocycles. The van der Waals surface area contributed by atoms with Crippen LogP contribution in [0, 0.1) is 6.92 Å². The fourth-order valence-corrected chi connectivity index (χ4v) is 4.53. The molecular weight excluding hydrogens is 428 g/mol. The number of hydrogen-bond acceptors (Lipinski definition) is 6. The number of rotatable bonds is 4. The maximum absolute atomic E-state index is 11.9. The number of fused-ring (bicyclic) bond motifs is 3. The zero-order valence-corrected chi connectivity index (χ0v) is 17.7. The fraction of sp³-hybridized carbons (Fsp3) is 0.0435. The Balaban J connectivity index is 1.73. The summed E-state index contributed by atoms with van der Waals surface area (Å²) in [5.74, 6) is 0.675. The van der Waals surface area contributed by atoms with Crippen molar-refractivity contribution < 1.29 is 17.7 Å². The van der Waals surface area contributed by atoms with E-state index in [-0.39, 0.29) is 11.6 Å². The monoisotopic (exact) mass is 446 g/mol. The molecule has 5 aromatic rings. The van der Waals surface area contributed by atoms with E-state index in [4.69, 9.17) is 10.5 Å². The second-order valence-electron chi connectivity index (χ2n) is 7.27. The van der Waals surface area contributed by atoms with Gasteiger partial charge in [0.15, 0.2) is 10.6 Å². The molecular formula is C23H18N4O4S. The normalized spacial score (nSPS) is 11.8. The second kappa shape index (κ2) is 7.33. The van der Waals surface area contributed by atoms with E-state index in [2.05, 4.69) is 9.97 Å². The molecule has 160 valence electrons. The Labute approximate surface area is 183 Å². The average Bonchev–Trinajstić information content (AvgIpc) is 3.06. The molecule has 3 heterocycles. The minimum absolute atomic E-state index is 0.0997. The number of nitrogens with zero attached hydrogens (tertiary/aromatic N) is 3. The molecule has 3 N–H and O–H groups in total. The third-order valence-corrected chi connectivity index (χ3v) is 6.03. The topological polar surface area (TPSA) is 120 Å². The van der Waals surface area contributed by atoms with Crippen molar-refractivity contribution in [2.75, 3.05) is 5.73 Å². The smallest absolute Gasteiger partial charge is 0.301 e. The summed E-state index contributed by atoms with van der Waals surface area (Å²) < 4.78 is 41.3. The van der Waals surface area contributed by atoms with E-state index in [0.29, 0.717) is 11.4 Å². The molecule has 9 heteroatoms. The minimum atomic E-state index is -4.64. The van der Waals surface area contributed by atoms with Crippen molar-refractivity contribution >= 4 is 37.7 Å². The highest BCUT2D eigenvalue weighted by molar-refractivity contribution is 7.86. The van der Waals surface area contributed by atoms with Crippen molar-refractivity contribution in [3.05, 3.63) is 78.6 Å². The van der Waals surface area contributed by atoms with Crippen molar-refractivity contribution in [3.63, 3.8) is 0 Å². The number of anilines is 1. The van der Waals surface area contributed by atoms with Gasteiger partial charge >= 0.3 is 10.1 Å². The largest absolute Gasteiger partial charge is 0.456 e. The summed E-state index contributed by atoms with van der Waals surface area (Å²) in [4.78, 5) is 7.85. The molecule has 5 rings (SSSR count). The van der Waals surface area contributed by atoms with E-state index in [9.17, 15) is 13.0 Å². The van der Waals surface area contributed by atoms with Gasteiger partial charge in [0.25, 0.3) is 0 Å². The van der Waals surface area contributed by atoms with Crippen LogP contribution in [0.15, 0.2) is 77.8 Å². The zero-order valence-electron chi connectivity index (χ0n) is 16.9. The number of hydrogen-bond donors (Lipinski definition) is 2. The van der Waals surface area contributed by atoms with Crippen LogP contribution in [0.3, 0.4) is 0 Å². The van der Waals surface area contributed by atoms with Gasteiger partial charge in [0, 0.05) is 34.8 Å². The van der Waals surface area contributed by atoms with Crippen LogP contribution in [0.25, 0.3) is 27.6 Å². The molecule has 0 aliphatic heterocycles. The van der Waals surface area contributed by atoms with Gasteiger partial charge in [-0.05, 0) is 37.3 Å². The number of nitrogen functional groups attached to an aromatic ring is 1. The molecule has 0 amide bonds. The molecule has 0 saturated heterocycles. The molecule has 3 aromatic heterocycles. The summed E-state index contributed by atoms with van der Waals surface area (Å²) >= 11 is 0. The Morgan fingerprint density at radius 3 is 2.47 bits per heavy atom. The quantitative estimate of drug-likeness (QED) is 0.390. The van der Waals surface area contributed by atoms with Gasteiger partial charge in [-0.25, -0.2) is 9.97 Å². The SMILES string of the molecule is Cc1cc(Oc2ccc3c4ccccc4n(-c4ccccn4)c3c2)c(S(=O)(=O)O)c(N)n1. The lowest BCUT2D eigenvalue weighted by molar-refractivity contribution is 0.450. The molecule has 0 saturated carbocycles. The summed E-state index contributed by atoms with van der Waals surface area (Å²) in [6.45, 7) is 1.65. The van der Waals surface area contributed by atoms with Gasteiger partial charge < -0.3 is 10.5 Å². The van der Waals surface area contributed by atoms with Gasteiger partial charge in [-0.2, -0.15) is 8.42 Å². The first-order valence-electron chi connectivity index (χ1n) is 9.70. The van der Waals surface area contributed by atoms with Crippen LogP contribution in [0.2, 0.25) is 0 Å². The highest BCUT2D eigenvalue weighted by Crippen LogP contribution is 2.37. The number of aryl methyl sites for hydroxylation is 1. The number of pyridine rings is 2. The maximum Gasteiger partial charge on any atom is 0.301 e. The van der Waals surface area contributed by atoms with E-state index in [1.807, 2.05) is 53.1 Å². The van der Waals surface area contributed by atoms with Crippen molar-refractivity contribution in [1.82, 2.24) is 14.5 Å². The van der Waals surface area contributed by atoms with Crippen LogP contribution in [0.4, 0.5) is 5.82 Å². The standard InChI is InChI=1S/C23H18N4O4S/c1-14-12-20(22(23(24)26-14)32(28,29)30)31-15-9-10-17-16-6-2-3-7-18(16)27(19(17)13-15)21-8-4-5-11-25-21/h2-13H,1H3,(H2,24,26)(H,28,29,30). The van der Waals surface area contributed by atoms with Crippen LogP contribution >= 0.6 is 0 Å². The van der Waals surface area contributed by atoms with Crippen LogP contribution in [0.5, 0.6) is 11.5 Å². The van der Waals surface area contributed by atoms with E-state index in [0.717, 1.165) is 27.6 Å². The van der Waals surface area contributed by atoms with Crippen molar-refractivity contribution in [3.8, 4) is 17.3 Å². The number of para-hydroxylation sites is 1. The van der Waals surface area contributed by atoms with Gasteiger partial charge in [0.2, 0.25) is 0 Å². The molecule has 0 aliphatic rings. The van der Waals surface area contributed by atoms with Crippen LogP contribution in [-0.2, 0) is 10.1 Å². The molecule has 0 radical (unpaired) electrons. The highest BCUT2D eigenvalue weighted by atomic mass is 32.2. The number of aromatic nitrogens is 3. The minimum Gasteiger partial charge on any atom is -0.456 e. The Hall–Kier alpha value is -3.95. The molecule has 0 atom stereocenters. The Morgan fingerprint density at radius 2 is 1.72 bits per heavy atom. The fourth-order valence-electron chi connectivity index (χ4n) is 3.86. The second-order valence-corrected chi connectivity index (χ2v) is 8.63. The lowest BCUT2D eigenvalue weighted by atomic mass is 10.1. The molecule has 0 aliphatic carbocycles. The first-order chi connectivity index (χ1) is 15.3. The van der Waals surface area contributed by atoms with E-state index in [1.54, 1.807) is 25.3 Å². The van der Waals surface area contributed by atoms with E-state index in [1.165, 1.54) is 6.07 Å². The van der Waals surface area contributed by atoms with Crippen molar-refractivity contribution in [1.29, 1.82) is 0 Å². The summed E-state index contributed by atoms with van der Waals surface area (Å²) in [5, 5.41) is 2.03. The van der Waals surface area contributed by atoms with Crippen molar-refractivity contribution in [2.24, 2.45) is 0 Å². The van der Waals surface area contributed by atoms with Crippen LogP contribution in [0.1, 0.15) is 5.69 Å². The molecule has 8 nitrogen and oxygen atoms in total.